The Balaban J connectivity index is 1.38. The molecule has 220 valence electrons. The van der Waals surface area contributed by atoms with Crippen molar-refractivity contribution >= 4 is 40.4 Å². The number of nitrogens with one attached hydrogen (secondary N) is 3. The van der Waals surface area contributed by atoms with Gasteiger partial charge in [0.25, 0.3) is 5.91 Å². The van der Waals surface area contributed by atoms with Crippen molar-refractivity contribution in [2.75, 3.05) is 43.4 Å². The highest BCUT2D eigenvalue weighted by atomic mass is 16.3. The van der Waals surface area contributed by atoms with Gasteiger partial charge in [-0.25, -0.2) is 0 Å². The van der Waals surface area contributed by atoms with Gasteiger partial charge in [0.05, 0.1) is 16.9 Å². The number of carbonyl (C=O) groups excluding carboxylic acids is 2. The number of aromatic nitrogens is 2. The number of nitrogens with zero attached hydrogens (tertiary/aromatic N) is 4. The fraction of sp³-hybridized carbons (Fsp3) is 0.375. The predicted octanol–water partition coefficient (Wildman–Crippen LogP) is 4.79. The average Bonchev–Trinajstić information content (AvgIpc) is 3.31. The number of anilines is 3. The third-order valence-corrected chi connectivity index (χ3v) is 7.58. The SMILES string of the molecule is Cc1oc2nc(Nc3ccccc3)nc(N3CCN(C)CC3)c2c1C(=O)NNC(=O)C(C)c1ccc(CC(C)C)cc1. The molecule has 10 nitrogen and oxygen atoms in total. The van der Waals surface area contributed by atoms with E-state index in [4.69, 9.17) is 9.40 Å². The molecule has 1 unspecified atom stereocenters. The molecule has 10 heteroatoms. The van der Waals surface area contributed by atoms with Crippen molar-refractivity contribution in [3.05, 3.63) is 77.0 Å². The van der Waals surface area contributed by atoms with E-state index in [0.29, 0.717) is 40.1 Å². The fourth-order valence-electron chi connectivity index (χ4n) is 5.17. The van der Waals surface area contributed by atoms with E-state index < -0.39 is 11.8 Å². The van der Waals surface area contributed by atoms with Gasteiger partial charge in [0, 0.05) is 31.9 Å². The standard InChI is InChI=1S/C32H39N7O3/c1-20(2)19-23-11-13-24(14-12-23)21(3)29(40)36-37-30(41)26-22(4)42-31-27(26)28(39-17-15-38(5)16-18-39)34-32(35-31)33-25-9-7-6-8-10-25/h6-14,20-21H,15-19H2,1-5H3,(H,36,40)(H,37,41)(H,33,34,35). The summed E-state index contributed by atoms with van der Waals surface area (Å²) < 4.78 is 6.01. The molecule has 1 aliphatic heterocycles. The molecule has 2 aromatic heterocycles. The van der Waals surface area contributed by atoms with Gasteiger partial charge >= 0.3 is 0 Å². The summed E-state index contributed by atoms with van der Waals surface area (Å²) >= 11 is 0. The zero-order valence-corrected chi connectivity index (χ0v) is 24.9. The lowest BCUT2D eigenvalue weighted by atomic mass is 9.96. The molecule has 4 aromatic rings. The molecule has 3 N–H and O–H groups in total. The molecule has 0 bridgehead atoms. The van der Waals surface area contributed by atoms with Crippen molar-refractivity contribution in [2.24, 2.45) is 5.92 Å². The summed E-state index contributed by atoms with van der Waals surface area (Å²) in [5, 5.41) is 3.77. The Morgan fingerprint density at radius 2 is 1.62 bits per heavy atom. The number of fused-ring (bicyclic) bond motifs is 1. The Hall–Kier alpha value is -4.44. The average molecular weight is 570 g/mol. The van der Waals surface area contributed by atoms with Crippen molar-refractivity contribution in [3.63, 3.8) is 0 Å². The highest BCUT2D eigenvalue weighted by Crippen LogP contribution is 2.34. The van der Waals surface area contributed by atoms with Crippen LogP contribution in [0.25, 0.3) is 11.1 Å². The van der Waals surface area contributed by atoms with E-state index in [2.05, 4.69) is 64.0 Å². The number of rotatable bonds is 8. The lowest BCUT2D eigenvalue weighted by Gasteiger charge is -2.33. The van der Waals surface area contributed by atoms with E-state index >= 15 is 0 Å². The Kier molecular flexibility index (Phi) is 8.72. The Morgan fingerprint density at radius 3 is 2.29 bits per heavy atom. The number of carbonyl (C=O) groups is 2. The number of hydrogen-bond donors (Lipinski definition) is 3. The van der Waals surface area contributed by atoms with Crippen LogP contribution >= 0.6 is 0 Å². The molecule has 0 spiro atoms. The van der Waals surface area contributed by atoms with Crippen LogP contribution in [0.15, 0.2) is 59.0 Å². The van der Waals surface area contributed by atoms with Crippen LogP contribution in [0, 0.1) is 12.8 Å². The van der Waals surface area contributed by atoms with Gasteiger partial charge in [0.15, 0.2) is 0 Å². The smallest absolute Gasteiger partial charge is 0.274 e. The van der Waals surface area contributed by atoms with Crippen molar-refractivity contribution in [2.45, 2.75) is 40.0 Å². The molecule has 0 saturated carbocycles. The second kappa shape index (κ2) is 12.6. The number of amides is 2. The van der Waals surface area contributed by atoms with Crippen LogP contribution in [0.3, 0.4) is 0 Å². The molecule has 1 saturated heterocycles. The molecule has 3 heterocycles. The van der Waals surface area contributed by atoms with Crippen LogP contribution in [0.5, 0.6) is 0 Å². The van der Waals surface area contributed by atoms with Gasteiger partial charge in [-0.2, -0.15) is 9.97 Å². The van der Waals surface area contributed by atoms with Crippen molar-refractivity contribution in [3.8, 4) is 0 Å². The minimum Gasteiger partial charge on any atom is -0.442 e. The normalized spacial score (nSPS) is 14.7. The molecule has 1 fully saturated rings. The number of piperazine rings is 1. The number of furan rings is 1. The van der Waals surface area contributed by atoms with Gasteiger partial charge in [-0.1, -0.05) is 56.3 Å². The molecule has 5 rings (SSSR count). The maximum atomic E-state index is 13.5. The first-order valence-corrected chi connectivity index (χ1v) is 14.4. The molecule has 2 amide bonds. The first-order valence-electron chi connectivity index (χ1n) is 14.4. The van der Waals surface area contributed by atoms with Gasteiger partial charge in [-0.05, 0) is 56.5 Å². The largest absolute Gasteiger partial charge is 0.442 e. The minimum atomic E-state index is -0.484. The number of hydrogen-bond acceptors (Lipinski definition) is 8. The van der Waals surface area contributed by atoms with Crippen LogP contribution in [-0.2, 0) is 11.2 Å². The Labute approximate surface area is 246 Å². The zero-order chi connectivity index (χ0) is 29.8. The van der Waals surface area contributed by atoms with E-state index in [1.165, 1.54) is 5.56 Å². The van der Waals surface area contributed by atoms with E-state index in [-0.39, 0.29) is 5.91 Å². The highest BCUT2D eigenvalue weighted by molar-refractivity contribution is 6.10. The first kappa shape index (κ1) is 29.1. The third-order valence-electron chi connectivity index (χ3n) is 7.58. The maximum Gasteiger partial charge on any atom is 0.274 e. The molecule has 1 atom stereocenters. The summed E-state index contributed by atoms with van der Waals surface area (Å²) in [7, 11) is 2.08. The van der Waals surface area contributed by atoms with Crippen LogP contribution in [0.1, 0.15) is 53.9 Å². The fourth-order valence-corrected chi connectivity index (χ4v) is 5.17. The Bertz CT molecular complexity index is 1540. The van der Waals surface area contributed by atoms with Gasteiger partial charge in [0.2, 0.25) is 17.6 Å². The van der Waals surface area contributed by atoms with Crippen LogP contribution in [0.4, 0.5) is 17.5 Å². The monoisotopic (exact) mass is 569 g/mol. The van der Waals surface area contributed by atoms with Crippen molar-refractivity contribution < 1.29 is 14.0 Å². The molecule has 0 aliphatic carbocycles. The van der Waals surface area contributed by atoms with E-state index in [9.17, 15) is 9.59 Å². The van der Waals surface area contributed by atoms with Gasteiger partial charge in [-0.15, -0.1) is 0 Å². The quantitative estimate of drug-likeness (QED) is 0.260. The number of para-hydroxylation sites is 1. The minimum absolute atomic E-state index is 0.302. The molecule has 42 heavy (non-hydrogen) atoms. The number of likely N-dealkylation sites (N-methyl/N-ethyl adjacent to an activating group) is 1. The number of hydrazine groups is 1. The third kappa shape index (κ3) is 6.54. The van der Waals surface area contributed by atoms with Crippen LogP contribution < -0.4 is 21.1 Å². The molecular weight excluding hydrogens is 530 g/mol. The Morgan fingerprint density at radius 1 is 0.929 bits per heavy atom. The number of benzene rings is 2. The summed E-state index contributed by atoms with van der Waals surface area (Å²) in [5.74, 6) is 0.711. The summed E-state index contributed by atoms with van der Waals surface area (Å²) in [6.07, 6.45) is 0.985. The second-order valence-corrected chi connectivity index (χ2v) is 11.4. The predicted molar refractivity (Wildman–Crippen MR) is 165 cm³/mol. The lowest BCUT2D eigenvalue weighted by molar-refractivity contribution is -0.123. The zero-order valence-electron chi connectivity index (χ0n) is 24.9. The van der Waals surface area contributed by atoms with Crippen molar-refractivity contribution in [1.82, 2.24) is 25.7 Å². The topological polar surface area (TPSA) is 116 Å². The van der Waals surface area contributed by atoms with E-state index in [0.717, 1.165) is 43.9 Å². The van der Waals surface area contributed by atoms with E-state index in [1.54, 1.807) is 6.92 Å². The van der Waals surface area contributed by atoms with Crippen LogP contribution in [0.2, 0.25) is 0 Å². The first-order chi connectivity index (χ1) is 20.2. The summed E-state index contributed by atoms with van der Waals surface area (Å²) in [5.41, 5.74) is 8.77. The molecule has 0 radical (unpaired) electrons. The molecular formula is C32H39N7O3. The van der Waals surface area contributed by atoms with Crippen molar-refractivity contribution in [1.29, 1.82) is 0 Å². The van der Waals surface area contributed by atoms with Gasteiger partial charge < -0.3 is 19.5 Å². The second-order valence-electron chi connectivity index (χ2n) is 11.4. The summed E-state index contributed by atoms with van der Waals surface area (Å²) in [6.45, 7) is 11.1. The number of aryl methyl sites for hydroxylation is 1. The summed E-state index contributed by atoms with van der Waals surface area (Å²) in [6, 6.07) is 17.7. The van der Waals surface area contributed by atoms with Gasteiger partial charge in [-0.3, -0.25) is 20.4 Å². The van der Waals surface area contributed by atoms with Crippen LogP contribution in [-0.4, -0.2) is 59.9 Å². The highest BCUT2D eigenvalue weighted by Gasteiger charge is 2.28. The maximum absolute atomic E-state index is 13.5. The van der Waals surface area contributed by atoms with E-state index in [1.807, 2.05) is 49.4 Å². The molecule has 1 aliphatic rings. The lowest BCUT2D eigenvalue weighted by Crippen LogP contribution is -2.45. The summed E-state index contributed by atoms with van der Waals surface area (Å²) in [4.78, 5) is 40.4. The van der Waals surface area contributed by atoms with Gasteiger partial charge in [0.1, 0.15) is 11.6 Å². The molecule has 2 aromatic carbocycles.